The second-order valence-corrected chi connectivity index (χ2v) is 5.13. The van der Waals surface area contributed by atoms with Crippen LogP contribution in [-0.4, -0.2) is 24.0 Å². The zero-order chi connectivity index (χ0) is 13.0. The largest absolute Gasteiger partial charge is 0.350 e. The van der Waals surface area contributed by atoms with E-state index in [0.717, 1.165) is 31.6 Å². The number of aromatic nitrogens is 1. The van der Waals surface area contributed by atoms with Crippen molar-refractivity contribution in [3.8, 4) is 0 Å². The maximum absolute atomic E-state index is 12.2. The van der Waals surface area contributed by atoms with Crippen LogP contribution in [0.3, 0.4) is 0 Å². The summed E-state index contributed by atoms with van der Waals surface area (Å²) >= 11 is 0. The van der Waals surface area contributed by atoms with Crippen molar-refractivity contribution in [3.05, 3.63) is 29.6 Å². The van der Waals surface area contributed by atoms with E-state index in [4.69, 9.17) is 0 Å². The molecule has 18 heavy (non-hydrogen) atoms. The summed E-state index contributed by atoms with van der Waals surface area (Å²) in [5.41, 5.74) is 1.91. The number of nitrogens with zero attached hydrogens (tertiary/aromatic N) is 1. The Morgan fingerprint density at radius 1 is 1.61 bits per heavy atom. The molecule has 1 amide bonds. The Kier molecular flexibility index (Phi) is 3.97. The van der Waals surface area contributed by atoms with Gasteiger partial charge in [0, 0.05) is 12.7 Å². The highest BCUT2D eigenvalue weighted by Gasteiger charge is 2.35. The van der Waals surface area contributed by atoms with Gasteiger partial charge < -0.3 is 10.6 Å². The molecule has 1 saturated heterocycles. The minimum Gasteiger partial charge on any atom is -0.350 e. The molecule has 98 valence electrons. The number of amides is 1. The van der Waals surface area contributed by atoms with Gasteiger partial charge in [0.25, 0.3) is 0 Å². The van der Waals surface area contributed by atoms with E-state index in [0.29, 0.717) is 6.54 Å². The number of carbonyl (C=O) groups excluding carboxylic acids is 1. The Balaban J connectivity index is 1.97. The minimum absolute atomic E-state index is 0.125. The van der Waals surface area contributed by atoms with Crippen LogP contribution in [0.5, 0.6) is 0 Å². The maximum atomic E-state index is 12.2. The fraction of sp³-hybridized carbons (Fsp3) is 0.571. The quantitative estimate of drug-likeness (QED) is 0.842. The lowest BCUT2D eigenvalue weighted by Gasteiger charge is -2.21. The number of pyridine rings is 1. The molecule has 1 aliphatic heterocycles. The zero-order valence-corrected chi connectivity index (χ0v) is 11.1. The van der Waals surface area contributed by atoms with E-state index in [-0.39, 0.29) is 11.3 Å². The Morgan fingerprint density at radius 2 is 2.44 bits per heavy atom. The molecule has 4 heteroatoms. The lowest BCUT2D eigenvalue weighted by Crippen LogP contribution is -2.40. The highest BCUT2D eigenvalue weighted by molar-refractivity contribution is 5.82. The van der Waals surface area contributed by atoms with Crippen molar-refractivity contribution in [2.75, 3.05) is 13.1 Å². The van der Waals surface area contributed by atoms with Crippen LogP contribution in [0.2, 0.25) is 0 Å². The van der Waals surface area contributed by atoms with Crippen LogP contribution in [0, 0.1) is 5.41 Å². The van der Waals surface area contributed by atoms with E-state index in [1.165, 1.54) is 5.56 Å². The van der Waals surface area contributed by atoms with Gasteiger partial charge in [0.15, 0.2) is 0 Å². The Hall–Kier alpha value is -1.42. The van der Waals surface area contributed by atoms with Gasteiger partial charge in [-0.05, 0) is 37.9 Å². The molecule has 1 aliphatic rings. The first kappa shape index (κ1) is 13.0. The van der Waals surface area contributed by atoms with Crippen LogP contribution in [-0.2, 0) is 17.8 Å². The number of hydrogen-bond donors (Lipinski definition) is 2. The van der Waals surface area contributed by atoms with Gasteiger partial charge in [0.1, 0.15) is 0 Å². The summed E-state index contributed by atoms with van der Waals surface area (Å²) in [5, 5.41) is 6.25. The fourth-order valence-electron chi connectivity index (χ4n) is 2.34. The Morgan fingerprint density at radius 3 is 3.11 bits per heavy atom. The van der Waals surface area contributed by atoms with Crippen LogP contribution in [0.15, 0.2) is 18.3 Å². The van der Waals surface area contributed by atoms with Crippen molar-refractivity contribution >= 4 is 5.91 Å². The summed E-state index contributed by atoms with van der Waals surface area (Å²) < 4.78 is 0. The lowest BCUT2D eigenvalue weighted by molar-refractivity contribution is -0.129. The van der Waals surface area contributed by atoms with Crippen molar-refractivity contribution < 1.29 is 4.79 Å². The summed E-state index contributed by atoms with van der Waals surface area (Å²) in [6, 6.07) is 4.00. The van der Waals surface area contributed by atoms with Crippen molar-refractivity contribution in [2.24, 2.45) is 5.41 Å². The average molecular weight is 247 g/mol. The molecule has 0 saturated carbocycles. The van der Waals surface area contributed by atoms with Crippen LogP contribution in [0.25, 0.3) is 0 Å². The van der Waals surface area contributed by atoms with Gasteiger partial charge in [-0.25, -0.2) is 0 Å². The summed E-state index contributed by atoms with van der Waals surface area (Å²) in [7, 11) is 0. The predicted molar refractivity (Wildman–Crippen MR) is 71.1 cm³/mol. The first-order chi connectivity index (χ1) is 8.65. The van der Waals surface area contributed by atoms with E-state index in [1.54, 1.807) is 6.20 Å². The summed E-state index contributed by atoms with van der Waals surface area (Å²) in [5.74, 6) is 0.125. The number of rotatable bonds is 4. The molecule has 0 bridgehead atoms. The molecule has 2 heterocycles. The predicted octanol–water partition coefficient (Wildman–Crippen LogP) is 1.26. The smallest absolute Gasteiger partial charge is 0.227 e. The van der Waals surface area contributed by atoms with E-state index in [9.17, 15) is 4.79 Å². The van der Waals surface area contributed by atoms with Crippen LogP contribution >= 0.6 is 0 Å². The maximum Gasteiger partial charge on any atom is 0.227 e. The zero-order valence-electron chi connectivity index (χ0n) is 11.1. The molecule has 2 rings (SSSR count). The molecule has 1 unspecified atom stereocenters. The first-order valence-corrected chi connectivity index (χ1v) is 6.57. The topological polar surface area (TPSA) is 54.0 Å². The van der Waals surface area contributed by atoms with E-state index < -0.39 is 0 Å². The summed E-state index contributed by atoms with van der Waals surface area (Å²) in [4.78, 5) is 16.5. The average Bonchev–Trinajstić information content (AvgIpc) is 2.84. The van der Waals surface area contributed by atoms with Gasteiger partial charge >= 0.3 is 0 Å². The highest BCUT2D eigenvalue weighted by atomic mass is 16.2. The van der Waals surface area contributed by atoms with Gasteiger partial charge in [-0.3, -0.25) is 9.78 Å². The van der Waals surface area contributed by atoms with E-state index >= 15 is 0 Å². The molecule has 1 atom stereocenters. The first-order valence-electron chi connectivity index (χ1n) is 6.57. The monoisotopic (exact) mass is 247 g/mol. The molecular weight excluding hydrogens is 226 g/mol. The van der Waals surface area contributed by atoms with Gasteiger partial charge in [-0.1, -0.05) is 13.0 Å². The molecule has 2 N–H and O–H groups in total. The van der Waals surface area contributed by atoms with Gasteiger partial charge in [-0.2, -0.15) is 0 Å². The third-order valence-corrected chi connectivity index (χ3v) is 3.70. The molecule has 0 radical (unpaired) electrons. The van der Waals surface area contributed by atoms with Gasteiger partial charge in [0.2, 0.25) is 5.91 Å². The second kappa shape index (κ2) is 5.48. The van der Waals surface area contributed by atoms with Crippen molar-refractivity contribution in [2.45, 2.75) is 33.2 Å². The highest BCUT2D eigenvalue weighted by Crippen LogP contribution is 2.24. The third kappa shape index (κ3) is 2.70. The number of carbonyl (C=O) groups is 1. The molecule has 1 aromatic heterocycles. The number of hydrogen-bond acceptors (Lipinski definition) is 3. The van der Waals surface area contributed by atoms with Crippen LogP contribution in [0.4, 0.5) is 0 Å². The van der Waals surface area contributed by atoms with Crippen LogP contribution < -0.4 is 10.6 Å². The fourth-order valence-corrected chi connectivity index (χ4v) is 2.34. The number of aryl methyl sites for hydroxylation is 1. The molecule has 1 aromatic rings. The molecule has 1 fully saturated rings. The van der Waals surface area contributed by atoms with Crippen LogP contribution in [0.1, 0.15) is 31.5 Å². The van der Waals surface area contributed by atoms with Gasteiger partial charge in [0.05, 0.1) is 17.7 Å². The SMILES string of the molecule is CCc1cccnc1CNC(=O)C1(C)CCNC1. The summed E-state index contributed by atoms with van der Waals surface area (Å²) in [6.45, 7) is 6.33. The number of nitrogens with one attached hydrogen (secondary N) is 2. The molecule has 0 aromatic carbocycles. The standard InChI is InChI=1S/C14H21N3O/c1-3-11-5-4-7-16-12(11)9-17-13(18)14(2)6-8-15-10-14/h4-5,7,15H,3,6,8-10H2,1-2H3,(H,17,18). The Labute approximate surface area is 108 Å². The van der Waals surface area contributed by atoms with Gasteiger partial charge in [-0.15, -0.1) is 0 Å². The van der Waals surface area contributed by atoms with E-state index in [2.05, 4.69) is 28.6 Å². The molecule has 0 spiro atoms. The normalized spacial score (nSPS) is 23.0. The van der Waals surface area contributed by atoms with Crippen molar-refractivity contribution in [1.82, 2.24) is 15.6 Å². The second-order valence-electron chi connectivity index (χ2n) is 5.13. The van der Waals surface area contributed by atoms with Crippen molar-refractivity contribution in [1.29, 1.82) is 0 Å². The molecule has 4 nitrogen and oxygen atoms in total. The van der Waals surface area contributed by atoms with Crippen molar-refractivity contribution in [3.63, 3.8) is 0 Å². The Bertz CT molecular complexity index is 425. The molecular formula is C14H21N3O. The third-order valence-electron chi connectivity index (χ3n) is 3.70. The molecule has 0 aliphatic carbocycles. The minimum atomic E-state index is -0.263. The lowest BCUT2D eigenvalue weighted by atomic mass is 9.89. The van der Waals surface area contributed by atoms with E-state index in [1.807, 2.05) is 13.0 Å². The summed E-state index contributed by atoms with van der Waals surface area (Å²) in [6.07, 6.45) is 3.62.